The monoisotopic (exact) mass is 375 g/mol. The van der Waals surface area contributed by atoms with Gasteiger partial charge in [0.15, 0.2) is 0 Å². The standard InChI is InChI=1S/C19H25N3O5/c1-27-19(24)16-13-15(22(25)26)5-6-17(16)20-11-7-14(8-12-20)18(23)21-9-3-2-4-10-21/h5-6,13-14H,2-4,7-12H2,1H3. The molecule has 0 aliphatic carbocycles. The molecule has 3 rings (SSSR count). The predicted octanol–water partition coefficient (Wildman–Crippen LogP) is 2.61. The van der Waals surface area contributed by atoms with Crippen LogP contribution in [0.15, 0.2) is 18.2 Å². The third-order valence-electron chi connectivity index (χ3n) is 5.45. The van der Waals surface area contributed by atoms with Crippen LogP contribution in [0.25, 0.3) is 0 Å². The summed E-state index contributed by atoms with van der Waals surface area (Å²) in [6.07, 6.45) is 4.78. The molecule has 8 nitrogen and oxygen atoms in total. The lowest BCUT2D eigenvalue weighted by atomic mass is 9.93. The van der Waals surface area contributed by atoms with Gasteiger partial charge in [-0.05, 0) is 38.2 Å². The molecule has 0 radical (unpaired) electrons. The van der Waals surface area contributed by atoms with Gasteiger partial charge in [0.25, 0.3) is 5.69 Å². The molecule has 146 valence electrons. The molecule has 2 fully saturated rings. The van der Waals surface area contributed by atoms with Crippen molar-refractivity contribution < 1.29 is 19.2 Å². The van der Waals surface area contributed by atoms with Crippen LogP contribution >= 0.6 is 0 Å². The highest BCUT2D eigenvalue weighted by molar-refractivity contribution is 5.96. The number of non-ortho nitro benzene ring substituents is 1. The normalized spacial score (nSPS) is 18.3. The maximum atomic E-state index is 12.7. The number of methoxy groups -OCH3 is 1. The Bertz CT molecular complexity index is 722. The number of benzene rings is 1. The first kappa shape index (κ1) is 19.1. The van der Waals surface area contributed by atoms with Crippen LogP contribution in [0.3, 0.4) is 0 Å². The summed E-state index contributed by atoms with van der Waals surface area (Å²) < 4.78 is 4.79. The van der Waals surface area contributed by atoms with Crippen LogP contribution in [0.2, 0.25) is 0 Å². The lowest BCUT2D eigenvalue weighted by Gasteiger charge is -2.37. The fourth-order valence-electron chi connectivity index (χ4n) is 3.93. The summed E-state index contributed by atoms with van der Waals surface area (Å²) >= 11 is 0. The molecule has 2 saturated heterocycles. The Kier molecular flexibility index (Phi) is 5.93. The Morgan fingerprint density at radius 3 is 2.37 bits per heavy atom. The Balaban J connectivity index is 1.71. The number of carbonyl (C=O) groups excluding carboxylic acids is 2. The fourth-order valence-corrected chi connectivity index (χ4v) is 3.93. The van der Waals surface area contributed by atoms with Gasteiger partial charge < -0.3 is 14.5 Å². The minimum Gasteiger partial charge on any atom is -0.465 e. The molecule has 8 heteroatoms. The third kappa shape index (κ3) is 4.20. The molecule has 2 aliphatic rings. The van der Waals surface area contributed by atoms with Gasteiger partial charge in [0.1, 0.15) is 0 Å². The largest absolute Gasteiger partial charge is 0.465 e. The second-order valence-electron chi connectivity index (χ2n) is 7.10. The summed E-state index contributed by atoms with van der Waals surface area (Å²) in [4.78, 5) is 39.3. The van der Waals surface area contributed by atoms with Gasteiger partial charge in [-0.25, -0.2) is 4.79 Å². The minimum atomic E-state index is -0.597. The zero-order chi connectivity index (χ0) is 19.4. The average molecular weight is 375 g/mol. The van der Waals surface area contributed by atoms with Crippen LogP contribution in [-0.2, 0) is 9.53 Å². The number of piperidine rings is 2. The van der Waals surface area contributed by atoms with Gasteiger partial charge in [-0.15, -0.1) is 0 Å². The second kappa shape index (κ2) is 8.37. The van der Waals surface area contributed by atoms with Crippen LogP contribution < -0.4 is 4.90 Å². The van der Waals surface area contributed by atoms with Crippen molar-refractivity contribution in [2.75, 3.05) is 38.2 Å². The number of nitrogens with zero attached hydrogens (tertiary/aromatic N) is 3. The van der Waals surface area contributed by atoms with E-state index in [2.05, 4.69) is 0 Å². The van der Waals surface area contributed by atoms with Crippen LogP contribution in [0.1, 0.15) is 42.5 Å². The smallest absolute Gasteiger partial charge is 0.340 e. The highest BCUT2D eigenvalue weighted by Crippen LogP contribution is 2.30. The van der Waals surface area contributed by atoms with Gasteiger partial charge in [-0.1, -0.05) is 0 Å². The van der Waals surface area contributed by atoms with Crippen molar-refractivity contribution >= 4 is 23.3 Å². The maximum absolute atomic E-state index is 12.7. The Morgan fingerprint density at radius 1 is 1.11 bits per heavy atom. The molecular weight excluding hydrogens is 350 g/mol. The van der Waals surface area contributed by atoms with E-state index in [1.165, 1.54) is 25.7 Å². The molecule has 0 aromatic heterocycles. The van der Waals surface area contributed by atoms with E-state index in [9.17, 15) is 19.7 Å². The van der Waals surface area contributed by atoms with Gasteiger partial charge >= 0.3 is 5.97 Å². The number of ether oxygens (including phenoxy) is 1. The number of hydrogen-bond donors (Lipinski definition) is 0. The number of nitro groups is 1. The van der Waals surface area contributed by atoms with Crippen molar-refractivity contribution in [2.24, 2.45) is 5.92 Å². The number of rotatable bonds is 4. The van der Waals surface area contributed by atoms with Crippen LogP contribution in [0, 0.1) is 16.0 Å². The number of anilines is 1. The average Bonchev–Trinajstić information content (AvgIpc) is 2.73. The first-order valence-corrected chi connectivity index (χ1v) is 9.41. The summed E-state index contributed by atoms with van der Waals surface area (Å²) in [6.45, 7) is 2.97. The molecule has 0 atom stereocenters. The first-order valence-electron chi connectivity index (χ1n) is 9.41. The van der Waals surface area contributed by atoms with Crippen molar-refractivity contribution in [3.05, 3.63) is 33.9 Å². The minimum absolute atomic E-state index is 0.0129. The van der Waals surface area contributed by atoms with E-state index in [4.69, 9.17) is 4.74 Å². The van der Waals surface area contributed by atoms with Gasteiger partial charge in [-0.2, -0.15) is 0 Å². The summed E-state index contributed by atoms with van der Waals surface area (Å²) in [5.74, 6) is -0.342. The summed E-state index contributed by atoms with van der Waals surface area (Å²) in [6, 6.07) is 4.25. The van der Waals surface area contributed by atoms with Gasteiger partial charge in [0.05, 0.1) is 23.3 Å². The van der Waals surface area contributed by atoms with Crippen molar-refractivity contribution in [1.29, 1.82) is 0 Å². The van der Waals surface area contributed by atoms with E-state index in [0.29, 0.717) is 31.6 Å². The number of carbonyl (C=O) groups is 2. The summed E-state index contributed by atoms with van der Waals surface area (Å²) in [5.41, 5.74) is 0.665. The molecule has 0 saturated carbocycles. The first-order chi connectivity index (χ1) is 13.0. The molecule has 0 N–H and O–H groups in total. The van der Waals surface area contributed by atoms with Gasteiger partial charge in [0.2, 0.25) is 5.91 Å². The molecule has 1 amide bonds. The van der Waals surface area contributed by atoms with Gasteiger partial charge in [0, 0.05) is 44.2 Å². The number of likely N-dealkylation sites (tertiary alicyclic amines) is 1. The highest BCUT2D eigenvalue weighted by Gasteiger charge is 2.31. The quantitative estimate of drug-likeness (QED) is 0.456. The third-order valence-corrected chi connectivity index (χ3v) is 5.45. The maximum Gasteiger partial charge on any atom is 0.340 e. The highest BCUT2D eigenvalue weighted by atomic mass is 16.6. The number of esters is 1. The molecule has 1 aromatic rings. The number of hydrogen-bond acceptors (Lipinski definition) is 6. The fraction of sp³-hybridized carbons (Fsp3) is 0.579. The van der Waals surface area contributed by atoms with Crippen molar-refractivity contribution in [1.82, 2.24) is 4.90 Å². The molecular formula is C19H25N3O5. The van der Waals surface area contributed by atoms with Crippen molar-refractivity contribution in [3.63, 3.8) is 0 Å². The number of nitro benzene ring substituents is 1. The lowest BCUT2D eigenvalue weighted by molar-refractivity contribution is -0.384. The Labute approximate surface area is 158 Å². The Morgan fingerprint density at radius 2 is 1.78 bits per heavy atom. The van der Waals surface area contributed by atoms with E-state index < -0.39 is 10.9 Å². The van der Waals surface area contributed by atoms with Crippen molar-refractivity contribution in [3.8, 4) is 0 Å². The molecule has 0 bridgehead atoms. The predicted molar refractivity (Wildman–Crippen MR) is 99.8 cm³/mol. The second-order valence-corrected chi connectivity index (χ2v) is 7.10. The van der Waals surface area contributed by atoms with Crippen LogP contribution in [0.5, 0.6) is 0 Å². The van der Waals surface area contributed by atoms with Gasteiger partial charge in [-0.3, -0.25) is 14.9 Å². The van der Waals surface area contributed by atoms with Crippen molar-refractivity contribution in [2.45, 2.75) is 32.1 Å². The van der Waals surface area contributed by atoms with E-state index in [1.54, 1.807) is 6.07 Å². The van der Waals surface area contributed by atoms with E-state index in [0.717, 1.165) is 25.9 Å². The molecule has 27 heavy (non-hydrogen) atoms. The lowest BCUT2D eigenvalue weighted by Crippen LogP contribution is -2.44. The molecule has 2 heterocycles. The molecule has 2 aliphatic heterocycles. The summed E-state index contributed by atoms with van der Waals surface area (Å²) in [5, 5.41) is 11.0. The summed E-state index contributed by atoms with van der Waals surface area (Å²) in [7, 11) is 1.26. The Hall–Kier alpha value is -2.64. The molecule has 0 unspecified atom stereocenters. The topological polar surface area (TPSA) is 93.0 Å². The SMILES string of the molecule is COC(=O)c1cc([N+](=O)[O-])ccc1N1CCC(C(=O)N2CCCCC2)CC1. The van der Waals surface area contributed by atoms with E-state index in [1.807, 2.05) is 9.80 Å². The van der Waals surface area contributed by atoms with Crippen LogP contribution in [-0.4, -0.2) is 55.0 Å². The zero-order valence-electron chi connectivity index (χ0n) is 15.6. The number of amides is 1. The van der Waals surface area contributed by atoms with Crippen LogP contribution in [0.4, 0.5) is 11.4 Å². The molecule has 0 spiro atoms. The zero-order valence-corrected chi connectivity index (χ0v) is 15.6. The molecule has 1 aromatic carbocycles. The van der Waals surface area contributed by atoms with E-state index >= 15 is 0 Å². The van der Waals surface area contributed by atoms with E-state index in [-0.39, 0.29) is 23.1 Å².